The van der Waals surface area contributed by atoms with E-state index in [0.29, 0.717) is 19.3 Å². The summed E-state index contributed by atoms with van der Waals surface area (Å²) in [4.78, 5) is 21.1. The number of rotatable bonds is 7. The number of carbonyl (C=O) groups excluding carboxylic acids is 1. The highest BCUT2D eigenvalue weighted by Gasteiger charge is 2.11. The van der Waals surface area contributed by atoms with Gasteiger partial charge in [-0.25, -0.2) is 0 Å². The molecular formula is C14H19NO3. The Morgan fingerprint density at radius 2 is 2.11 bits per heavy atom. The van der Waals surface area contributed by atoms with E-state index in [1.807, 2.05) is 26.0 Å². The standard InChI is InChI=1S/C14H19NO3/c1-10-3-4-12(7-11(10)2)8-13(15-9-16)5-6-14(17)18/h3-4,7,9,13H,5-6,8H2,1-2H3,(H,15,16)(H,17,18). The number of carboxylic acid groups (broad SMARTS) is 1. The molecule has 0 aliphatic rings. The van der Waals surface area contributed by atoms with Crippen LogP contribution in [0.4, 0.5) is 0 Å². The van der Waals surface area contributed by atoms with Crippen molar-refractivity contribution in [2.45, 2.75) is 39.2 Å². The van der Waals surface area contributed by atoms with Crippen molar-refractivity contribution in [1.82, 2.24) is 5.32 Å². The van der Waals surface area contributed by atoms with Crippen LogP contribution in [0.15, 0.2) is 18.2 Å². The number of aryl methyl sites for hydroxylation is 2. The van der Waals surface area contributed by atoms with Crippen molar-refractivity contribution in [2.75, 3.05) is 0 Å². The molecule has 1 rings (SSSR count). The minimum atomic E-state index is -0.840. The molecule has 1 aromatic carbocycles. The van der Waals surface area contributed by atoms with E-state index in [-0.39, 0.29) is 12.5 Å². The molecule has 1 amide bonds. The highest BCUT2D eigenvalue weighted by atomic mass is 16.4. The quantitative estimate of drug-likeness (QED) is 0.724. The van der Waals surface area contributed by atoms with Crippen LogP contribution in [-0.4, -0.2) is 23.5 Å². The maximum atomic E-state index is 10.5. The van der Waals surface area contributed by atoms with Crippen molar-refractivity contribution in [3.05, 3.63) is 34.9 Å². The summed E-state index contributed by atoms with van der Waals surface area (Å²) in [6.45, 7) is 4.09. The van der Waals surface area contributed by atoms with Crippen LogP contribution in [0.5, 0.6) is 0 Å². The number of hydrogen-bond acceptors (Lipinski definition) is 2. The third-order valence-corrected chi connectivity index (χ3v) is 3.06. The van der Waals surface area contributed by atoms with E-state index < -0.39 is 5.97 Å². The van der Waals surface area contributed by atoms with E-state index in [1.54, 1.807) is 0 Å². The Labute approximate surface area is 107 Å². The summed E-state index contributed by atoms with van der Waals surface area (Å²) in [6.07, 6.45) is 1.80. The summed E-state index contributed by atoms with van der Waals surface area (Å²) in [5.74, 6) is -0.840. The minimum absolute atomic E-state index is 0.0658. The van der Waals surface area contributed by atoms with Crippen LogP contribution in [0, 0.1) is 13.8 Å². The molecule has 4 nitrogen and oxygen atoms in total. The maximum absolute atomic E-state index is 10.5. The number of benzene rings is 1. The molecule has 1 atom stereocenters. The van der Waals surface area contributed by atoms with Crippen molar-refractivity contribution >= 4 is 12.4 Å². The number of nitrogens with one attached hydrogen (secondary N) is 1. The Kier molecular flexibility index (Phi) is 5.36. The fraction of sp³-hybridized carbons (Fsp3) is 0.429. The van der Waals surface area contributed by atoms with E-state index in [4.69, 9.17) is 5.11 Å². The van der Waals surface area contributed by atoms with E-state index in [0.717, 1.165) is 5.56 Å². The van der Waals surface area contributed by atoms with Crippen LogP contribution in [0.25, 0.3) is 0 Å². The van der Waals surface area contributed by atoms with Crippen LogP contribution < -0.4 is 5.32 Å². The second kappa shape index (κ2) is 6.79. The SMILES string of the molecule is Cc1ccc(CC(CCC(=O)O)NC=O)cc1C. The zero-order valence-corrected chi connectivity index (χ0v) is 10.8. The van der Waals surface area contributed by atoms with E-state index in [9.17, 15) is 9.59 Å². The average molecular weight is 249 g/mol. The molecule has 4 heteroatoms. The Hall–Kier alpha value is -1.84. The van der Waals surface area contributed by atoms with Crippen molar-refractivity contribution in [3.8, 4) is 0 Å². The molecule has 0 aliphatic carbocycles. The maximum Gasteiger partial charge on any atom is 0.303 e. The van der Waals surface area contributed by atoms with E-state index in [1.165, 1.54) is 11.1 Å². The lowest BCUT2D eigenvalue weighted by Crippen LogP contribution is -2.30. The lowest BCUT2D eigenvalue weighted by Gasteiger charge is -2.15. The first kappa shape index (κ1) is 14.2. The van der Waals surface area contributed by atoms with Crippen LogP contribution in [0.2, 0.25) is 0 Å². The van der Waals surface area contributed by atoms with E-state index >= 15 is 0 Å². The molecule has 2 N–H and O–H groups in total. The van der Waals surface area contributed by atoms with Gasteiger partial charge in [-0.1, -0.05) is 18.2 Å². The van der Waals surface area contributed by atoms with Gasteiger partial charge < -0.3 is 10.4 Å². The molecular weight excluding hydrogens is 230 g/mol. The lowest BCUT2D eigenvalue weighted by molar-refractivity contribution is -0.137. The van der Waals surface area contributed by atoms with Crippen molar-refractivity contribution in [3.63, 3.8) is 0 Å². The minimum Gasteiger partial charge on any atom is -0.481 e. The second-order valence-electron chi connectivity index (χ2n) is 4.54. The monoisotopic (exact) mass is 249 g/mol. The summed E-state index contributed by atoms with van der Waals surface area (Å²) < 4.78 is 0. The van der Waals surface area contributed by atoms with Gasteiger partial charge in [0.15, 0.2) is 0 Å². The third-order valence-electron chi connectivity index (χ3n) is 3.06. The van der Waals surface area contributed by atoms with Gasteiger partial charge in [-0.2, -0.15) is 0 Å². The molecule has 0 bridgehead atoms. The van der Waals surface area contributed by atoms with Crippen LogP contribution in [-0.2, 0) is 16.0 Å². The van der Waals surface area contributed by atoms with Gasteiger partial charge in [0.2, 0.25) is 6.41 Å². The number of hydrogen-bond donors (Lipinski definition) is 2. The largest absolute Gasteiger partial charge is 0.481 e. The molecule has 0 aromatic heterocycles. The lowest BCUT2D eigenvalue weighted by atomic mass is 9.98. The van der Waals surface area contributed by atoms with Crippen LogP contribution in [0.3, 0.4) is 0 Å². The molecule has 1 unspecified atom stereocenters. The zero-order chi connectivity index (χ0) is 13.5. The molecule has 0 saturated carbocycles. The summed E-state index contributed by atoms with van der Waals surface area (Å²) in [7, 11) is 0. The predicted octanol–water partition coefficient (Wildman–Crippen LogP) is 1.83. The fourth-order valence-electron chi connectivity index (χ4n) is 1.85. The molecule has 0 saturated heterocycles. The Morgan fingerprint density at radius 1 is 1.39 bits per heavy atom. The topological polar surface area (TPSA) is 66.4 Å². The summed E-state index contributed by atoms with van der Waals surface area (Å²) in [6, 6.07) is 6.01. The third kappa shape index (κ3) is 4.57. The number of amides is 1. The van der Waals surface area contributed by atoms with Gasteiger partial charge in [-0.3, -0.25) is 9.59 Å². The van der Waals surface area contributed by atoms with Gasteiger partial charge in [-0.05, 0) is 43.4 Å². The van der Waals surface area contributed by atoms with Gasteiger partial charge in [0.25, 0.3) is 0 Å². The number of carbonyl (C=O) groups is 2. The van der Waals surface area contributed by atoms with Gasteiger partial charge in [0, 0.05) is 12.5 Å². The average Bonchev–Trinajstić information content (AvgIpc) is 2.31. The predicted molar refractivity (Wildman–Crippen MR) is 69.5 cm³/mol. The van der Waals surface area contributed by atoms with Gasteiger partial charge in [0.1, 0.15) is 0 Å². The molecule has 0 fully saturated rings. The molecule has 98 valence electrons. The smallest absolute Gasteiger partial charge is 0.303 e. The molecule has 0 heterocycles. The Morgan fingerprint density at radius 3 is 2.67 bits per heavy atom. The normalized spacial score (nSPS) is 11.9. The molecule has 0 aliphatic heterocycles. The highest BCUT2D eigenvalue weighted by molar-refractivity contribution is 5.66. The number of aliphatic carboxylic acids is 1. The first-order chi connectivity index (χ1) is 8.52. The van der Waals surface area contributed by atoms with Crippen molar-refractivity contribution < 1.29 is 14.7 Å². The first-order valence-corrected chi connectivity index (χ1v) is 6.00. The van der Waals surface area contributed by atoms with Gasteiger partial charge in [-0.15, -0.1) is 0 Å². The summed E-state index contributed by atoms with van der Waals surface area (Å²) in [5, 5.41) is 11.3. The van der Waals surface area contributed by atoms with Crippen molar-refractivity contribution in [1.29, 1.82) is 0 Å². The molecule has 18 heavy (non-hydrogen) atoms. The molecule has 0 radical (unpaired) electrons. The summed E-state index contributed by atoms with van der Waals surface area (Å²) in [5.41, 5.74) is 3.54. The Balaban J connectivity index is 2.66. The Bertz CT molecular complexity index is 429. The van der Waals surface area contributed by atoms with Crippen molar-refractivity contribution in [2.24, 2.45) is 0 Å². The van der Waals surface area contributed by atoms with Gasteiger partial charge >= 0.3 is 5.97 Å². The molecule has 0 spiro atoms. The van der Waals surface area contributed by atoms with E-state index in [2.05, 4.69) is 11.4 Å². The van der Waals surface area contributed by atoms with Crippen LogP contribution >= 0.6 is 0 Å². The summed E-state index contributed by atoms with van der Waals surface area (Å²) >= 11 is 0. The zero-order valence-electron chi connectivity index (χ0n) is 10.8. The molecule has 1 aromatic rings. The fourth-order valence-corrected chi connectivity index (χ4v) is 1.85. The number of carboxylic acids is 1. The van der Waals surface area contributed by atoms with Gasteiger partial charge in [0.05, 0.1) is 0 Å². The highest BCUT2D eigenvalue weighted by Crippen LogP contribution is 2.13. The van der Waals surface area contributed by atoms with Crippen LogP contribution in [0.1, 0.15) is 29.5 Å². The second-order valence-corrected chi connectivity index (χ2v) is 4.54. The first-order valence-electron chi connectivity index (χ1n) is 6.00.